The molecule has 0 spiro atoms. The minimum atomic E-state index is -0.430. The smallest absolute Gasteiger partial charge is 0.259 e. The van der Waals surface area contributed by atoms with Crippen molar-refractivity contribution in [2.24, 2.45) is 15.9 Å². The highest BCUT2D eigenvalue weighted by molar-refractivity contribution is 8.14. The molecular weight excluding hydrogens is 396 g/mol. The molecule has 0 saturated carbocycles. The number of hydrogen-bond acceptors (Lipinski definition) is 5. The molecule has 7 heteroatoms. The maximum Gasteiger partial charge on any atom is 0.259 e. The number of rotatable bonds is 4. The zero-order chi connectivity index (χ0) is 21.4. The second-order valence-corrected chi connectivity index (χ2v) is 8.82. The van der Waals surface area contributed by atoms with Crippen LogP contribution in [0.25, 0.3) is 0 Å². The number of fused-ring (bicyclic) bond motifs is 3. The van der Waals surface area contributed by atoms with Gasteiger partial charge in [0.15, 0.2) is 5.17 Å². The maximum absolute atomic E-state index is 13.0. The van der Waals surface area contributed by atoms with Crippen LogP contribution in [-0.2, 0) is 9.59 Å². The molecule has 0 saturated heterocycles. The SMILES string of the molecule is Cc1ccc(NC(=O)CSC2=Nc3ccccc3C3=NC(C(C)C)C(=O)N23)c(C)c1. The molecule has 154 valence electrons. The van der Waals surface area contributed by atoms with Gasteiger partial charge in [0.05, 0.1) is 11.4 Å². The minimum absolute atomic E-state index is 0.0850. The Morgan fingerprint density at radius 2 is 1.97 bits per heavy atom. The maximum atomic E-state index is 13.0. The van der Waals surface area contributed by atoms with Gasteiger partial charge in [-0.2, -0.15) is 0 Å². The first-order chi connectivity index (χ1) is 14.3. The molecule has 1 atom stereocenters. The van der Waals surface area contributed by atoms with Crippen molar-refractivity contribution in [3.05, 3.63) is 59.2 Å². The molecule has 2 aromatic rings. The summed E-state index contributed by atoms with van der Waals surface area (Å²) in [6.45, 7) is 7.95. The Labute approximate surface area is 180 Å². The molecule has 2 aromatic carbocycles. The van der Waals surface area contributed by atoms with Crippen LogP contribution in [0.5, 0.6) is 0 Å². The van der Waals surface area contributed by atoms with Crippen LogP contribution in [0, 0.1) is 19.8 Å². The van der Waals surface area contributed by atoms with Gasteiger partial charge in [0, 0.05) is 11.3 Å². The van der Waals surface area contributed by atoms with Gasteiger partial charge in [-0.3, -0.25) is 14.6 Å². The number of hydrogen-bond donors (Lipinski definition) is 1. The van der Waals surface area contributed by atoms with Gasteiger partial charge in [-0.15, -0.1) is 0 Å². The lowest BCUT2D eigenvalue weighted by Crippen LogP contribution is -2.42. The topological polar surface area (TPSA) is 74.1 Å². The fourth-order valence-electron chi connectivity index (χ4n) is 3.57. The Balaban J connectivity index is 1.55. The normalized spacial score (nSPS) is 17.4. The van der Waals surface area contributed by atoms with Crippen LogP contribution in [0.15, 0.2) is 52.4 Å². The summed E-state index contributed by atoms with van der Waals surface area (Å²) in [4.78, 5) is 36.5. The average Bonchev–Trinajstić information content (AvgIpc) is 3.06. The number of carbonyl (C=O) groups is 2. The average molecular weight is 421 g/mol. The number of amidine groups is 2. The lowest BCUT2D eigenvalue weighted by molar-refractivity contribution is -0.125. The number of benzene rings is 2. The highest BCUT2D eigenvalue weighted by Gasteiger charge is 2.42. The van der Waals surface area contributed by atoms with E-state index in [9.17, 15) is 9.59 Å². The van der Waals surface area contributed by atoms with Crippen LogP contribution in [0.3, 0.4) is 0 Å². The summed E-state index contributed by atoms with van der Waals surface area (Å²) in [7, 11) is 0. The highest BCUT2D eigenvalue weighted by Crippen LogP contribution is 2.34. The predicted octanol–water partition coefficient (Wildman–Crippen LogP) is 4.29. The summed E-state index contributed by atoms with van der Waals surface area (Å²) in [5.74, 6) is 0.635. The first-order valence-electron chi connectivity index (χ1n) is 9.95. The zero-order valence-corrected chi connectivity index (χ0v) is 18.3. The van der Waals surface area contributed by atoms with E-state index in [4.69, 9.17) is 4.99 Å². The zero-order valence-electron chi connectivity index (χ0n) is 17.5. The number of anilines is 1. The quantitative estimate of drug-likeness (QED) is 0.802. The van der Waals surface area contributed by atoms with Crippen LogP contribution in [-0.4, -0.2) is 39.5 Å². The van der Waals surface area contributed by atoms with Crippen molar-refractivity contribution in [1.29, 1.82) is 0 Å². The van der Waals surface area contributed by atoms with Crippen molar-refractivity contribution < 1.29 is 9.59 Å². The Morgan fingerprint density at radius 1 is 1.20 bits per heavy atom. The number of para-hydroxylation sites is 1. The van der Waals surface area contributed by atoms with Crippen molar-refractivity contribution in [1.82, 2.24) is 4.90 Å². The molecule has 1 unspecified atom stereocenters. The van der Waals surface area contributed by atoms with Crippen LogP contribution in [0.4, 0.5) is 11.4 Å². The van der Waals surface area contributed by atoms with E-state index < -0.39 is 6.04 Å². The number of thioether (sulfide) groups is 1. The largest absolute Gasteiger partial charge is 0.325 e. The first-order valence-corrected chi connectivity index (χ1v) is 10.9. The fraction of sp³-hybridized carbons (Fsp3) is 0.304. The molecule has 0 radical (unpaired) electrons. The number of nitrogens with one attached hydrogen (secondary N) is 1. The number of aliphatic imine (C=N–C) groups is 2. The molecule has 2 aliphatic heterocycles. The van der Waals surface area contributed by atoms with E-state index in [2.05, 4.69) is 10.3 Å². The third-order valence-corrected chi connectivity index (χ3v) is 6.06. The second kappa shape index (κ2) is 8.07. The van der Waals surface area contributed by atoms with E-state index in [1.54, 1.807) is 4.90 Å². The number of carbonyl (C=O) groups excluding carboxylic acids is 2. The third-order valence-electron chi connectivity index (χ3n) is 5.12. The molecule has 0 fully saturated rings. The third kappa shape index (κ3) is 3.77. The van der Waals surface area contributed by atoms with Crippen molar-refractivity contribution in [3.8, 4) is 0 Å². The van der Waals surface area contributed by atoms with Crippen molar-refractivity contribution >= 4 is 46.0 Å². The number of nitrogens with zero attached hydrogens (tertiary/aromatic N) is 3. The van der Waals surface area contributed by atoms with Gasteiger partial charge in [0.25, 0.3) is 5.91 Å². The molecule has 0 aromatic heterocycles. The molecule has 6 nitrogen and oxygen atoms in total. The Bertz CT molecular complexity index is 1090. The lowest BCUT2D eigenvalue weighted by Gasteiger charge is -2.25. The van der Waals surface area contributed by atoms with Crippen molar-refractivity contribution in [2.75, 3.05) is 11.1 Å². The van der Waals surface area contributed by atoms with E-state index in [1.165, 1.54) is 11.8 Å². The predicted molar refractivity (Wildman–Crippen MR) is 123 cm³/mol. The van der Waals surface area contributed by atoms with Gasteiger partial charge in [-0.05, 0) is 43.5 Å². The Morgan fingerprint density at radius 3 is 2.70 bits per heavy atom. The number of aryl methyl sites for hydroxylation is 2. The monoisotopic (exact) mass is 420 g/mol. The van der Waals surface area contributed by atoms with Gasteiger partial charge in [0.1, 0.15) is 11.9 Å². The van der Waals surface area contributed by atoms with Gasteiger partial charge in [-0.1, -0.05) is 55.4 Å². The van der Waals surface area contributed by atoms with Crippen LogP contribution in [0.2, 0.25) is 0 Å². The minimum Gasteiger partial charge on any atom is -0.325 e. The van der Waals surface area contributed by atoms with Crippen LogP contribution >= 0.6 is 11.8 Å². The summed E-state index contributed by atoms with van der Waals surface area (Å²) in [5.41, 5.74) is 4.57. The number of amides is 2. The molecule has 4 rings (SSSR count). The summed E-state index contributed by atoms with van der Waals surface area (Å²) in [6, 6.07) is 13.1. The van der Waals surface area contributed by atoms with Gasteiger partial charge >= 0.3 is 0 Å². The molecule has 0 aliphatic carbocycles. The highest BCUT2D eigenvalue weighted by atomic mass is 32.2. The molecule has 2 amide bonds. The molecule has 0 bridgehead atoms. The summed E-state index contributed by atoms with van der Waals surface area (Å²) >= 11 is 1.25. The van der Waals surface area contributed by atoms with E-state index >= 15 is 0 Å². The van der Waals surface area contributed by atoms with E-state index in [0.717, 1.165) is 28.1 Å². The van der Waals surface area contributed by atoms with E-state index in [-0.39, 0.29) is 23.5 Å². The lowest BCUT2D eigenvalue weighted by atomic mass is 10.1. The summed E-state index contributed by atoms with van der Waals surface area (Å²) < 4.78 is 0. The van der Waals surface area contributed by atoms with Gasteiger partial charge in [-0.25, -0.2) is 9.89 Å². The van der Waals surface area contributed by atoms with Crippen molar-refractivity contribution in [3.63, 3.8) is 0 Å². The summed E-state index contributed by atoms with van der Waals surface area (Å²) in [5, 5.41) is 3.44. The van der Waals surface area contributed by atoms with Crippen LogP contribution < -0.4 is 5.32 Å². The molecule has 1 N–H and O–H groups in total. The Hall–Kier alpha value is -2.93. The first kappa shape index (κ1) is 20.3. The molecule has 2 aliphatic rings. The van der Waals surface area contributed by atoms with Crippen molar-refractivity contribution in [2.45, 2.75) is 33.7 Å². The van der Waals surface area contributed by atoms with Gasteiger partial charge in [0.2, 0.25) is 5.91 Å². The Kier molecular flexibility index (Phi) is 5.47. The van der Waals surface area contributed by atoms with Crippen LogP contribution in [0.1, 0.15) is 30.5 Å². The molecule has 30 heavy (non-hydrogen) atoms. The standard InChI is InChI=1S/C23H24N4O2S/c1-13(2)20-22(29)27-21(26-20)16-7-5-6-8-18(16)25-23(27)30-12-19(28)24-17-10-9-14(3)11-15(17)4/h5-11,13,20H,12H2,1-4H3,(H,24,28). The fourth-order valence-corrected chi connectivity index (χ4v) is 4.37. The van der Waals surface area contributed by atoms with Gasteiger partial charge < -0.3 is 5.32 Å². The van der Waals surface area contributed by atoms with E-state index in [0.29, 0.717) is 11.0 Å². The summed E-state index contributed by atoms with van der Waals surface area (Å²) in [6.07, 6.45) is 0. The van der Waals surface area contributed by atoms with E-state index in [1.807, 2.05) is 70.2 Å². The molecule has 2 heterocycles. The molecular formula is C23H24N4O2S. The second-order valence-electron chi connectivity index (χ2n) is 7.88.